The largest absolute Gasteiger partial charge is 0.427 e. The Morgan fingerprint density at radius 2 is 0.342 bits per heavy atom. The van der Waals surface area contributed by atoms with Crippen LogP contribution in [0, 0.1) is 0 Å². The van der Waals surface area contributed by atoms with Crippen molar-refractivity contribution in [2.45, 2.75) is 41.5 Å². The molecule has 0 saturated carbocycles. The molecule has 16 heteroatoms. The molecule has 0 N–H and O–H groups in total. The third-order valence-electron chi connectivity index (χ3n) is 9.49. The van der Waals surface area contributed by atoms with Crippen molar-refractivity contribution >= 4 is 89.6 Å². The van der Waals surface area contributed by atoms with Gasteiger partial charge in [-0.25, -0.2) is 0 Å². The fourth-order valence-corrected chi connectivity index (χ4v) is 6.11. The Kier molecular flexibility index (Phi) is 27.4. The van der Waals surface area contributed by atoms with E-state index in [-0.39, 0.29) is 73.6 Å². The van der Waals surface area contributed by atoms with Gasteiger partial charge >= 0.3 is 35.8 Å². The molecule has 0 aliphatic heterocycles. The van der Waals surface area contributed by atoms with Crippen LogP contribution in [-0.4, -0.2) is 53.2 Å². The fraction of sp³-hybridized carbons (Fsp3) is 0.0952. The van der Waals surface area contributed by atoms with Crippen molar-refractivity contribution in [2.24, 2.45) is 0 Å². The van der Waals surface area contributed by atoms with E-state index >= 15 is 0 Å². The molecule has 79 heavy (non-hydrogen) atoms. The normalized spacial score (nSPS) is 10.7. The van der Waals surface area contributed by atoms with E-state index in [2.05, 4.69) is 0 Å². The Morgan fingerprint density at radius 3 is 0.443 bits per heavy atom. The number of carbonyl (C=O) groups is 9. The van der Waals surface area contributed by atoms with Crippen molar-refractivity contribution in [3.63, 3.8) is 0 Å². The van der Waals surface area contributed by atoms with E-state index in [0.717, 1.165) is 33.4 Å². The topological polar surface area (TPSA) is 209 Å². The second-order valence-electron chi connectivity index (χ2n) is 16.2. The monoisotopic (exact) mass is 1160 g/mol. The first-order valence-electron chi connectivity index (χ1n) is 23.7. The van der Waals surface area contributed by atoms with Crippen LogP contribution in [0.4, 0.5) is 0 Å². The van der Waals surface area contributed by atoms with Crippen molar-refractivity contribution in [3.8, 4) is 34.5 Å². The number of hydrogen-bond acceptors (Lipinski definition) is 15. The van der Waals surface area contributed by atoms with Crippen LogP contribution in [0.3, 0.4) is 0 Å². The number of ketones is 3. The summed E-state index contributed by atoms with van der Waals surface area (Å²) in [6.45, 7) is 8.02. The molecule has 0 aliphatic rings. The SMILES string of the molecule is CC(=O)Oc1ccc(C=CC(=O)C=Cc2ccc(OC(C)=O)cc2)cc1.CC(=O)Oc1ccc(C=CC(=O)C=Cc2ccc(OC(C)=O)cc2)cc1.CC(=O)Oc1ccc(C=CC(=O)C=Cc2ccc(OC(C)=O)cc2)cc1.[Pd]. The Bertz CT molecular complexity index is 2670. The molecule has 0 fully saturated rings. The van der Waals surface area contributed by atoms with E-state index in [4.69, 9.17) is 28.4 Å². The van der Waals surface area contributed by atoms with E-state index in [1.165, 1.54) is 78.0 Å². The Balaban J connectivity index is 0.000000309. The molecule has 0 saturated heterocycles. The maximum absolute atomic E-state index is 11.9. The van der Waals surface area contributed by atoms with Crippen LogP contribution in [0.1, 0.15) is 74.9 Å². The molecule has 0 aliphatic carbocycles. The van der Waals surface area contributed by atoms with Crippen LogP contribution in [0.2, 0.25) is 0 Å². The van der Waals surface area contributed by atoms with E-state index < -0.39 is 0 Å². The molecule has 0 atom stereocenters. The fourth-order valence-electron chi connectivity index (χ4n) is 6.11. The number of hydrogen-bond donors (Lipinski definition) is 0. The average Bonchev–Trinajstić information content (AvgIpc) is 3.39. The van der Waals surface area contributed by atoms with Crippen molar-refractivity contribution < 1.29 is 92.0 Å². The quantitative estimate of drug-likeness (QED) is 0.0339. The first kappa shape index (κ1) is 63.5. The van der Waals surface area contributed by atoms with E-state index in [0.29, 0.717) is 34.5 Å². The number of allylic oxidation sites excluding steroid dienone is 6. The molecule has 0 aromatic heterocycles. The van der Waals surface area contributed by atoms with Gasteiger partial charge in [0.25, 0.3) is 0 Å². The molecule has 6 aromatic carbocycles. The zero-order valence-corrected chi connectivity index (χ0v) is 45.3. The molecule has 0 heterocycles. The predicted molar refractivity (Wildman–Crippen MR) is 296 cm³/mol. The van der Waals surface area contributed by atoms with E-state index in [9.17, 15) is 43.2 Å². The van der Waals surface area contributed by atoms with Crippen LogP contribution < -0.4 is 28.4 Å². The van der Waals surface area contributed by atoms with Crippen molar-refractivity contribution in [1.82, 2.24) is 0 Å². The van der Waals surface area contributed by atoms with Gasteiger partial charge in [-0.2, -0.15) is 0 Å². The number of rotatable bonds is 18. The van der Waals surface area contributed by atoms with Gasteiger partial charge in [-0.05, 0) is 143 Å². The molecule has 6 rings (SSSR count). The first-order valence-corrected chi connectivity index (χ1v) is 23.7. The Morgan fingerprint density at radius 1 is 0.228 bits per heavy atom. The predicted octanol–water partition coefficient (Wildman–Crippen LogP) is 11.5. The van der Waals surface area contributed by atoms with E-state index in [1.54, 1.807) is 182 Å². The number of esters is 6. The van der Waals surface area contributed by atoms with Crippen LogP contribution >= 0.6 is 0 Å². The molecule has 0 spiro atoms. The third kappa shape index (κ3) is 27.6. The van der Waals surface area contributed by atoms with Crippen molar-refractivity contribution in [1.29, 1.82) is 0 Å². The van der Waals surface area contributed by atoms with E-state index in [1.807, 2.05) is 0 Å². The Labute approximate surface area is 470 Å². The second-order valence-corrected chi connectivity index (χ2v) is 16.2. The summed E-state index contributed by atoms with van der Waals surface area (Å²) in [4.78, 5) is 101. The van der Waals surface area contributed by atoms with Gasteiger partial charge in [0, 0.05) is 62.0 Å². The summed E-state index contributed by atoms with van der Waals surface area (Å²) in [5, 5.41) is 0. The van der Waals surface area contributed by atoms with Crippen LogP contribution in [0.25, 0.3) is 36.5 Å². The molecule has 0 radical (unpaired) electrons. The van der Waals surface area contributed by atoms with Gasteiger partial charge in [0.1, 0.15) is 34.5 Å². The van der Waals surface area contributed by atoms with Gasteiger partial charge in [-0.15, -0.1) is 0 Å². The van der Waals surface area contributed by atoms with Crippen LogP contribution in [0.15, 0.2) is 182 Å². The first-order chi connectivity index (χ1) is 37.3. The molecule has 15 nitrogen and oxygen atoms in total. The standard InChI is InChI=1S/3C21H18O5.Pd/c3*1-15(22)25-20-11-5-17(6-12-20)3-9-19(24)10-4-18-7-13-21(14-8-18)26-16(2)23;/h3*3-14H,1-2H3;. The zero-order valence-electron chi connectivity index (χ0n) is 43.7. The molecule has 0 unspecified atom stereocenters. The van der Waals surface area contributed by atoms with Crippen molar-refractivity contribution in [2.75, 3.05) is 0 Å². The summed E-state index contributed by atoms with van der Waals surface area (Å²) in [5.41, 5.74) is 4.88. The number of carbonyl (C=O) groups excluding carboxylic acids is 9. The average molecular weight is 1160 g/mol. The number of benzene rings is 6. The van der Waals surface area contributed by atoms with Crippen LogP contribution in [0.5, 0.6) is 34.5 Å². The number of ether oxygens (including phenoxy) is 6. The Hall–Kier alpha value is -9.75. The third-order valence-corrected chi connectivity index (χ3v) is 9.49. The van der Waals surface area contributed by atoms with Gasteiger partial charge in [0.05, 0.1) is 0 Å². The minimum absolute atomic E-state index is 0. The summed E-state index contributed by atoms with van der Waals surface area (Å²) in [6.07, 6.45) is 18.7. The second kappa shape index (κ2) is 34.0. The molecular weight excluding hydrogens is 1100 g/mol. The summed E-state index contributed by atoms with van der Waals surface area (Å²) in [7, 11) is 0. The summed E-state index contributed by atoms with van der Waals surface area (Å²) in [6, 6.07) is 40.9. The van der Waals surface area contributed by atoms with Gasteiger partial charge in [0.2, 0.25) is 0 Å². The molecule has 406 valence electrons. The maximum atomic E-state index is 11.9. The van der Waals surface area contributed by atoms with Crippen LogP contribution in [-0.2, 0) is 63.6 Å². The molecule has 6 aromatic rings. The van der Waals surface area contributed by atoms with Gasteiger partial charge in [-0.1, -0.05) is 109 Å². The van der Waals surface area contributed by atoms with Gasteiger partial charge < -0.3 is 28.4 Å². The van der Waals surface area contributed by atoms with Crippen molar-refractivity contribution in [3.05, 3.63) is 215 Å². The molecule has 0 amide bonds. The van der Waals surface area contributed by atoms with Gasteiger partial charge in [-0.3, -0.25) is 43.2 Å². The maximum Gasteiger partial charge on any atom is 0.308 e. The molecule has 0 bridgehead atoms. The smallest absolute Gasteiger partial charge is 0.308 e. The summed E-state index contributed by atoms with van der Waals surface area (Å²) < 4.78 is 29.7. The molecular formula is C63H54O15Pd. The van der Waals surface area contributed by atoms with Gasteiger partial charge in [0.15, 0.2) is 17.3 Å². The summed E-state index contributed by atoms with van der Waals surface area (Å²) in [5.74, 6) is -0.0465. The summed E-state index contributed by atoms with van der Waals surface area (Å²) >= 11 is 0. The zero-order chi connectivity index (χ0) is 56.8. The minimum Gasteiger partial charge on any atom is -0.427 e. The minimum atomic E-state index is -0.380.